The Kier molecular flexibility index (Phi) is 4.17. The molecule has 0 fully saturated rings. The molecule has 3 aromatic rings. The van der Waals surface area contributed by atoms with Crippen molar-refractivity contribution >= 4 is 40.3 Å². The Labute approximate surface area is 134 Å². The molecule has 0 bridgehead atoms. The van der Waals surface area contributed by atoms with Crippen LogP contribution in [0.4, 0.5) is 0 Å². The van der Waals surface area contributed by atoms with Crippen molar-refractivity contribution in [3.05, 3.63) is 44.6 Å². The Hall–Kier alpha value is -2.25. The van der Waals surface area contributed by atoms with Crippen molar-refractivity contribution in [2.24, 2.45) is 0 Å². The van der Waals surface area contributed by atoms with Crippen LogP contribution in [0, 0.1) is 6.92 Å². The third kappa shape index (κ3) is 3.32. The second-order valence-corrected chi connectivity index (χ2v) is 6.72. The van der Waals surface area contributed by atoms with Gasteiger partial charge in [-0.25, -0.2) is 0 Å². The molecule has 0 atom stereocenters. The molecule has 0 unspecified atom stereocenters. The summed E-state index contributed by atoms with van der Waals surface area (Å²) in [6.07, 6.45) is 1.62. The maximum atomic E-state index is 11.1. The lowest BCUT2D eigenvalue weighted by Gasteiger charge is -1.97. The number of nitrogens with zero attached hydrogens (tertiary/aromatic N) is 2. The van der Waals surface area contributed by atoms with Crippen LogP contribution in [0.2, 0.25) is 0 Å². The molecule has 0 aliphatic carbocycles. The first-order valence-corrected chi connectivity index (χ1v) is 8.23. The van der Waals surface area contributed by atoms with Gasteiger partial charge in [0.15, 0.2) is 0 Å². The van der Waals surface area contributed by atoms with E-state index in [2.05, 4.69) is 10.1 Å². The van der Waals surface area contributed by atoms with Crippen molar-refractivity contribution in [2.75, 3.05) is 0 Å². The van der Waals surface area contributed by atoms with Crippen LogP contribution in [0.25, 0.3) is 23.0 Å². The zero-order valence-electron chi connectivity index (χ0n) is 11.6. The number of aliphatic carboxylic acids is 1. The number of hydrogen-bond donors (Lipinski definition) is 1. The number of thiophene rings is 2. The van der Waals surface area contributed by atoms with Gasteiger partial charge >= 0.3 is 5.97 Å². The number of carbonyl (C=O) groups is 1. The van der Waals surface area contributed by atoms with E-state index in [-0.39, 0.29) is 12.3 Å². The highest BCUT2D eigenvalue weighted by Gasteiger charge is 2.16. The second-order valence-electron chi connectivity index (χ2n) is 4.62. The van der Waals surface area contributed by atoms with E-state index in [0.29, 0.717) is 11.4 Å². The molecular weight excluding hydrogens is 320 g/mol. The fourth-order valence-electron chi connectivity index (χ4n) is 1.92. The van der Waals surface area contributed by atoms with Gasteiger partial charge in [-0.15, -0.1) is 11.3 Å². The summed E-state index contributed by atoms with van der Waals surface area (Å²) in [6, 6.07) is 5.82. The molecule has 0 radical (unpaired) electrons. The zero-order valence-corrected chi connectivity index (χ0v) is 13.3. The van der Waals surface area contributed by atoms with Crippen LogP contribution < -0.4 is 0 Å². The van der Waals surface area contributed by atoms with E-state index in [0.717, 1.165) is 15.3 Å². The first-order valence-electron chi connectivity index (χ1n) is 6.47. The highest BCUT2D eigenvalue weighted by Crippen LogP contribution is 2.27. The molecule has 0 aliphatic rings. The van der Waals surface area contributed by atoms with Gasteiger partial charge in [0.25, 0.3) is 5.89 Å². The first-order chi connectivity index (χ1) is 10.6. The first kappa shape index (κ1) is 14.7. The van der Waals surface area contributed by atoms with E-state index in [9.17, 15) is 4.79 Å². The number of aryl methyl sites for hydroxylation is 1. The summed E-state index contributed by atoms with van der Waals surface area (Å²) < 4.78 is 5.25. The molecule has 5 nitrogen and oxygen atoms in total. The number of carboxylic acid groups (broad SMARTS) is 1. The fraction of sp³-hybridized carbons (Fsp3) is 0.133. The summed E-state index contributed by atoms with van der Waals surface area (Å²) >= 11 is 3.12. The van der Waals surface area contributed by atoms with E-state index >= 15 is 0 Å². The Bertz CT molecular complexity index is 816. The Morgan fingerprint density at radius 3 is 2.91 bits per heavy atom. The van der Waals surface area contributed by atoms with Crippen molar-refractivity contribution in [2.45, 2.75) is 13.3 Å². The molecule has 0 spiro atoms. The van der Waals surface area contributed by atoms with Crippen molar-refractivity contribution < 1.29 is 14.4 Å². The molecule has 3 rings (SSSR count). The summed E-state index contributed by atoms with van der Waals surface area (Å²) in [5.41, 5.74) is 1.37. The fourth-order valence-corrected chi connectivity index (χ4v) is 3.40. The van der Waals surface area contributed by atoms with Crippen LogP contribution in [0.15, 0.2) is 33.5 Å². The highest BCUT2D eigenvalue weighted by atomic mass is 32.1. The maximum Gasteiger partial charge on any atom is 0.308 e. The van der Waals surface area contributed by atoms with Gasteiger partial charge in [0.1, 0.15) is 0 Å². The van der Waals surface area contributed by atoms with E-state index in [1.165, 1.54) is 11.3 Å². The van der Waals surface area contributed by atoms with Crippen molar-refractivity contribution in [3.8, 4) is 11.4 Å². The van der Waals surface area contributed by atoms with Crippen LogP contribution >= 0.6 is 22.7 Å². The van der Waals surface area contributed by atoms with Crippen molar-refractivity contribution in [1.82, 2.24) is 10.1 Å². The third-order valence-corrected chi connectivity index (χ3v) is 4.53. The quantitative estimate of drug-likeness (QED) is 0.758. The summed E-state index contributed by atoms with van der Waals surface area (Å²) in [6.45, 7) is 2.00. The average molecular weight is 332 g/mol. The Balaban J connectivity index is 1.96. The summed E-state index contributed by atoms with van der Waals surface area (Å²) in [4.78, 5) is 17.5. The minimum Gasteiger partial charge on any atom is -0.481 e. The van der Waals surface area contributed by atoms with Crippen LogP contribution in [0.1, 0.15) is 22.1 Å². The van der Waals surface area contributed by atoms with Gasteiger partial charge < -0.3 is 9.63 Å². The minimum absolute atomic E-state index is 0.164. The SMILES string of the molecule is Cc1ccc(/C=C(\CC(=O)O)c2nc(-c3ccsc3)no2)s1. The number of rotatable bonds is 5. The predicted octanol–water partition coefficient (Wildman–Crippen LogP) is 4.18. The van der Waals surface area contributed by atoms with Gasteiger partial charge in [-0.05, 0) is 36.6 Å². The molecule has 3 heterocycles. The molecule has 0 aromatic carbocycles. The number of carboxylic acids is 1. The minimum atomic E-state index is -0.935. The predicted molar refractivity (Wildman–Crippen MR) is 86.8 cm³/mol. The molecule has 3 aromatic heterocycles. The normalized spacial score (nSPS) is 11.8. The molecule has 0 saturated heterocycles. The van der Waals surface area contributed by atoms with Gasteiger partial charge in [0, 0.05) is 26.3 Å². The Morgan fingerprint density at radius 1 is 1.41 bits per heavy atom. The van der Waals surface area contributed by atoms with Gasteiger partial charge in [-0.1, -0.05) is 5.16 Å². The second kappa shape index (κ2) is 6.25. The van der Waals surface area contributed by atoms with Crippen LogP contribution in [0.5, 0.6) is 0 Å². The molecule has 1 N–H and O–H groups in total. The van der Waals surface area contributed by atoms with Gasteiger partial charge in [0.05, 0.1) is 6.42 Å². The summed E-state index contributed by atoms with van der Waals surface area (Å²) in [5, 5.41) is 16.9. The lowest BCUT2D eigenvalue weighted by atomic mass is 10.1. The molecule has 22 heavy (non-hydrogen) atoms. The monoisotopic (exact) mass is 332 g/mol. The molecule has 0 amide bonds. The van der Waals surface area contributed by atoms with Crippen molar-refractivity contribution in [3.63, 3.8) is 0 Å². The number of hydrogen-bond acceptors (Lipinski definition) is 6. The molecule has 0 saturated carbocycles. The smallest absolute Gasteiger partial charge is 0.308 e. The summed E-state index contributed by atoms with van der Waals surface area (Å²) in [7, 11) is 0. The molecule has 0 aliphatic heterocycles. The largest absolute Gasteiger partial charge is 0.481 e. The molecule has 112 valence electrons. The number of aromatic nitrogens is 2. The van der Waals surface area contributed by atoms with Crippen LogP contribution in [0.3, 0.4) is 0 Å². The molecular formula is C15H12N2O3S2. The Morgan fingerprint density at radius 2 is 2.27 bits per heavy atom. The van der Waals surface area contributed by atoms with Gasteiger partial charge in [0.2, 0.25) is 5.82 Å². The lowest BCUT2D eigenvalue weighted by molar-refractivity contribution is -0.135. The standard InChI is InChI=1S/C15H12N2O3S2/c1-9-2-3-12(22-9)6-11(7-13(18)19)15-16-14(17-20-15)10-4-5-21-8-10/h2-6,8H,7H2,1H3,(H,18,19)/b11-6+. The maximum absolute atomic E-state index is 11.1. The zero-order chi connectivity index (χ0) is 15.5. The highest BCUT2D eigenvalue weighted by molar-refractivity contribution is 7.12. The van der Waals surface area contributed by atoms with Crippen molar-refractivity contribution in [1.29, 1.82) is 0 Å². The average Bonchev–Trinajstić information content (AvgIpc) is 3.18. The summed E-state index contributed by atoms with van der Waals surface area (Å²) in [5.74, 6) is -0.223. The van der Waals surface area contributed by atoms with Gasteiger partial charge in [-0.2, -0.15) is 16.3 Å². The van der Waals surface area contributed by atoms with Crippen LogP contribution in [-0.2, 0) is 4.79 Å². The van der Waals surface area contributed by atoms with Crippen LogP contribution in [-0.4, -0.2) is 21.2 Å². The molecule has 7 heteroatoms. The van der Waals surface area contributed by atoms with E-state index in [4.69, 9.17) is 9.63 Å². The van der Waals surface area contributed by atoms with E-state index in [1.54, 1.807) is 17.4 Å². The topological polar surface area (TPSA) is 76.2 Å². The van der Waals surface area contributed by atoms with E-state index < -0.39 is 5.97 Å². The van der Waals surface area contributed by atoms with E-state index in [1.807, 2.05) is 35.9 Å². The third-order valence-electron chi connectivity index (χ3n) is 2.90. The lowest BCUT2D eigenvalue weighted by Crippen LogP contribution is -1.97. The van der Waals surface area contributed by atoms with Gasteiger partial charge in [-0.3, -0.25) is 4.79 Å².